The molecule has 1 rings (SSSR count). The summed E-state index contributed by atoms with van der Waals surface area (Å²) < 4.78 is 0. The Labute approximate surface area is 107 Å². The molecule has 0 saturated heterocycles. The van der Waals surface area contributed by atoms with Crippen molar-refractivity contribution < 1.29 is 5.11 Å². The van der Waals surface area contributed by atoms with Gasteiger partial charge in [0.1, 0.15) is 0 Å². The third-order valence-electron chi connectivity index (χ3n) is 4.51. The fourth-order valence-electron chi connectivity index (χ4n) is 3.00. The van der Waals surface area contributed by atoms with Crippen molar-refractivity contribution in [2.75, 3.05) is 19.6 Å². The summed E-state index contributed by atoms with van der Waals surface area (Å²) in [5.74, 6) is 1.37. The Balaban J connectivity index is 2.34. The molecule has 1 aliphatic rings. The second-order valence-corrected chi connectivity index (χ2v) is 5.65. The van der Waals surface area contributed by atoms with Gasteiger partial charge in [0.15, 0.2) is 0 Å². The molecule has 1 atom stereocenters. The van der Waals surface area contributed by atoms with E-state index in [0.29, 0.717) is 5.92 Å². The van der Waals surface area contributed by atoms with E-state index < -0.39 is 0 Å². The van der Waals surface area contributed by atoms with Gasteiger partial charge < -0.3 is 10.0 Å². The summed E-state index contributed by atoms with van der Waals surface area (Å²) in [4.78, 5) is 2.45. The van der Waals surface area contributed by atoms with Crippen molar-refractivity contribution >= 4 is 0 Å². The van der Waals surface area contributed by atoms with Crippen LogP contribution in [0.25, 0.3) is 0 Å². The van der Waals surface area contributed by atoms with E-state index in [1.54, 1.807) is 0 Å². The van der Waals surface area contributed by atoms with Crippen molar-refractivity contribution in [3.8, 4) is 0 Å². The molecule has 0 bridgehead atoms. The molecule has 17 heavy (non-hydrogen) atoms. The Morgan fingerprint density at radius 2 is 1.65 bits per heavy atom. The van der Waals surface area contributed by atoms with Crippen molar-refractivity contribution in [2.45, 2.75) is 65.4 Å². The first-order valence-electron chi connectivity index (χ1n) is 7.61. The van der Waals surface area contributed by atoms with E-state index >= 15 is 0 Å². The first kappa shape index (κ1) is 15.0. The van der Waals surface area contributed by atoms with Gasteiger partial charge in [-0.2, -0.15) is 0 Å². The molecule has 0 aromatic carbocycles. The quantitative estimate of drug-likeness (QED) is 0.705. The average Bonchev–Trinajstić information content (AvgIpc) is 2.88. The van der Waals surface area contributed by atoms with Gasteiger partial charge in [-0.3, -0.25) is 0 Å². The molecule has 0 aromatic rings. The number of hydrogen-bond acceptors (Lipinski definition) is 2. The number of hydrogen-bond donors (Lipinski definition) is 1. The molecule has 0 aliphatic heterocycles. The predicted octanol–water partition coefficient (Wildman–Crippen LogP) is 3.30. The zero-order valence-electron chi connectivity index (χ0n) is 12.0. The molecule has 2 nitrogen and oxygen atoms in total. The minimum absolute atomic E-state index is 0.0909. The van der Waals surface area contributed by atoms with Gasteiger partial charge in [0.05, 0.1) is 6.10 Å². The molecule has 1 N–H and O–H groups in total. The average molecular weight is 241 g/mol. The van der Waals surface area contributed by atoms with Crippen LogP contribution in [0.15, 0.2) is 0 Å². The van der Waals surface area contributed by atoms with Crippen molar-refractivity contribution in [3.63, 3.8) is 0 Å². The van der Waals surface area contributed by atoms with Crippen molar-refractivity contribution in [3.05, 3.63) is 0 Å². The molecular formula is C15H31NO. The van der Waals surface area contributed by atoms with E-state index in [9.17, 15) is 5.11 Å². The molecule has 0 radical (unpaired) electrons. The molecule has 0 spiro atoms. The summed E-state index contributed by atoms with van der Waals surface area (Å²) in [5.41, 5.74) is 0. The maximum Gasteiger partial charge on any atom is 0.0695 e. The van der Waals surface area contributed by atoms with E-state index in [1.165, 1.54) is 38.5 Å². The Bertz CT molecular complexity index is 185. The first-order valence-corrected chi connectivity index (χ1v) is 7.61. The fourth-order valence-corrected chi connectivity index (χ4v) is 3.00. The van der Waals surface area contributed by atoms with Crippen LogP contribution in [0.2, 0.25) is 0 Å². The van der Waals surface area contributed by atoms with Gasteiger partial charge >= 0.3 is 0 Å². The normalized spacial score (nSPS) is 19.4. The van der Waals surface area contributed by atoms with Crippen molar-refractivity contribution in [1.29, 1.82) is 0 Å². The van der Waals surface area contributed by atoms with Gasteiger partial charge in [0, 0.05) is 13.1 Å². The lowest BCUT2D eigenvalue weighted by Crippen LogP contribution is -2.38. The van der Waals surface area contributed by atoms with Gasteiger partial charge in [-0.05, 0) is 31.2 Å². The van der Waals surface area contributed by atoms with Crippen molar-refractivity contribution in [2.24, 2.45) is 11.8 Å². The van der Waals surface area contributed by atoms with E-state index in [4.69, 9.17) is 0 Å². The van der Waals surface area contributed by atoms with Gasteiger partial charge in [0.2, 0.25) is 0 Å². The van der Waals surface area contributed by atoms with E-state index in [0.717, 1.165) is 25.6 Å². The molecule has 0 aromatic heterocycles. The monoisotopic (exact) mass is 241 g/mol. The Morgan fingerprint density at radius 1 is 1.06 bits per heavy atom. The minimum atomic E-state index is -0.0909. The maximum atomic E-state index is 10.3. The lowest BCUT2D eigenvalue weighted by Gasteiger charge is -2.29. The number of likely N-dealkylation sites (N-methyl/N-ethyl adjacent to an activating group) is 1. The molecule has 102 valence electrons. The molecule has 1 saturated carbocycles. The number of aliphatic hydroxyl groups is 1. The van der Waals surface area contributed by atoms with Gasteiger partial charge in [-0.25, -0.2) is 0 Å². The highest BCUT2D eigenvalue weighted by Crippen LogP contribution is 2.28. The lowest BCUT2D eigenvalue weighted by molar-refractivity contribution is 0.0610. The molecule has 1 aliphatic carbocycles. The summed E-state index contributed by atoms with van der Waals surface area (Å²) in [6.45, 7) is 9.87. The molecule has 0 amide bonds. The molecule has 2 heteroatoms. The summed E-state index contributed by atoms with van der Waals surface area (Å²) in [5, 5.41) is 10.3. The van der Waals surface area contributed by atoms with Crippen LogP contribution < -0.4 is 0 Å². The molecular weight excluding hydrogens is 210 g/mol. The molecule has 1 unspecified atom stereocenters. The van der Waals surface area contributed by atoms with Crippen LogP contribution in [-0.2, 0) is 0 Å². The number of nitrogens with zero attached hydrogens (tertiary/aromatic N) is 1. The van der Waals surface area contributed by atoms with Crippen LogP contribution in [-0.4, -0.2) is 35.7 Å². The van der Waals surface area contributed by atoms with E-state index in [2.05, 4.69) is 25.7 Å². The van der Waals surface area contributed by atoms with Crippen LogP contribution >= 0.6 is 0 Å². The summed E-state index contributed by atoms with van der Waals surface area (Å²) in [6, 6.07) is 0. The van der Waals surface area contributed by atoms with Gasteiger partial charge in [-0.1, -0.05) is 46.5 Å². The summed E-state index contributed by atoms with van der Waals surface area (Å²) in [6.07, 6.45) is 7.54. The second kappa shape index (κ2) is 8.10. The SMILES string of the molecule is CCC(CC)CN(CC)CC(O)C1CCCC1. The number of rotatable bonds is 8. The summed E-state index contributed by atoms with van der Waals surface area (Å²) in [7, 11) is 0. The van der Waals surface area contributed by atoms with Crippen LogP contribution in [0.1, 0.15) is 59.3 Å². The van der Waals surface area contributed by atoms with Crippen LogP contribution in [0.4, 0.5) is 0 Å². The van der Waals surface area contributed by atoms with E-state index in [1.807, 2.05) is 0 Å². The molecule has 1 fully saturated rings. The molecule has 0 heterocycles. The Kier molecular flexibility index (Phi) is 7.14. The third-order valence-corrected chi connectivity index (χ3v) is 4.51. The Hall–Kier alpha value is -0.0800. The smallest absolute Gasteiger partial charge is 0.0695 e. The number of aliphatic hydroxyl groups excluding tert-OH is 1. The van der Waals surface area contributed by atoms with Crippen LogP contribution in [0.5, 0.6) is 0 Å². The van der Waals surface area contributed by atoms with Crippen LogP contribution in [0.3, 0.4) is 0 Å². The van der Waals surface area contributed by atoms with Crippen LogP contribution in [0, 0.1) is 11.8 Å². The van der Waals surface area contributed by atoms with Gasteiger partial charge in [0.25, 0.3) is 0 Å². The van der Waals surface area contributed by atoms with E-state index in [-0.39, 0.29) is 6.10 Å². The maximum absolute atomic E-state index is 10.3. The minimum Gasteiger partial charge on any atom is -0.392 e. The Morgan fingerprint density at radius 3 is 2.12 bits per heavy atom. The zero-order valence-corrected chi connectivity index (χ0v) is 12.0. The fraction of sp³-hybridized carbons (Fsp3) is 1.00. The first-order chi connectivity index (χ1) is 8.21. The predicted molar refractivity (Wildman–Crippen MR) is 74.2 cm³/mol. The highest BCUT2D eigenvalue weighted by Gasteiger charge is 2.25. The van der Waals surface area contributed by atoms with Gasteiger partial charge in [-0.15, -0.1) is 0 Å². The zero-order chi connectivity index (χ0) is 12.7. The second-order valence-electron chi connectivity index (χ2n) is 5.65. The highest BCUT2D eigenvalue weighted by molar-refractivity contribution is 4.77. The van der Waals surface area contributed by atoms with Crippen molar-refractivity contribution in [1.82, 2.24) is 4.90 Å². The topological polar surface area (TPSA) is 23.5 Å². The third kappa shape index (κ3) is 4.97. The summed E-state index contributed by atoms with van der Waals surface area (Å²) >= 11 is 0. The highest BCUT2D eigenvalue weighted by atomic mass is 16.3. The lowest BCUT2D eigenvalue weighted by atomic mass is 9.99. The standard InChI is InChI=1S/C15H31NO/c1-4-13(5-2)11-16(6-3)12-15(17)14-9-7-8-10-14/h13-15,17H,4-12H2,1-3H3. The largest absolute Gasteiger partial charge is 0.392 e.